The van der Waals surface area contributed by atoms with Gasteiger partial charge in [-0.2, -0.15) is 0 Å². The standard InChI is InChI=1S/C14H25NO4/c1-5-18-12(16)10-8-6-7-9-11(10)15-13(17)19-14(2,3)4/h10-11H,5-9H2,1-4H3,(H,15,17)/t10-,11-/m1/s1. The van der Waals surface area contributed by atoms with Gasteiger partial charge in [0.2, 0.25) is 0 Å². The minimum atomic E-state index is -0.530. The number of alkyl carbamates (subject to hydrolysis) is 1. The Bertz CT molecular complexity index is 322. The molecule has 110 valence electrons. The van der Waals surface area contributed by atoms with Crippen LogP contribution in [0.5, 0.6) is 0 Å². The van der Waals surface area contributed by atoms with E-state index in [0.29, 0.717) is 6.61 Å². The third-order valence-corrected chi connectivity index (χ3v) is 3.06. The lowest BCUT2D eigenvalue weighted by Crippen LogP contribution is -2.47. The number of hydrogen-bond acceptors (Lipinski definition) is 4. The molecule has 0 heterocycles. The molecule has 1 amide bonds. The number of carbonyl (C=O) groups is 2. The van der Waals surface area contributed by atoms with Crippen LogP contribution in [0.4, 0.5) is 4.79 Å². The fourth-order valence-corrected chi connectivity index (χ4v) is 2.29. The Hall–Kier alpha value is -1.26. The normalized spacial score (nSPS) is 23.6. The molecule has 0 aromatic carbocycles. The Balaban J connectivity index is 2.57. The SMILES string of the molecule is CCOC(=O)[C@@H]1CCCC[C@H]1NC(=O)OC(C)(C)C. The number of rotatable bonds is 3. The van der Waals surface area contributed by atoms with E-state index in [-0.39, 0.29) is 17.9 Å². The molecule has 5 heteroatoms. The van der Waals surface area contributed by atoms with Gasteiger partial charge in [-0.1, -0.05) is 12.8 Å². The molecule has 0 spiro atoms. The van der Waals surface area contributed by atoms with Gasteiger partial charge in [0.25, 0.3) is 0 Å². The van der Waals surface area contributed by atoms with Crippen LogP contribution >= 0.6 is 0 Å². The van der Waals surface area contributed by atoms with Gasteiger partial charge in [0, 0.05) is 6.04 Å². The second kappa shape index (κ2) is 6.78. The monoisotopic (exact) mass is 271 g/mol. The average molecular weight is 271 g/mol. The predicted molar refractivity (Wildman–Crippen MR) is 71.7 cm³/mol. The number of hydrogen-bond donors (Lipinski definition) is 1. The van der Waals surface area contributed by atoms with Crippen molar-refractivity contribution in [2.75, 3.05) is 6.61 Å². The Morgan fingerprint density at radius 3 is 2.42 bits per heavy atom. The number of amides is 1. The third kappa shape index (κ3) is 5.49. The summed E-state index contributed by atoms with van der Waals surface area (Å²) in [6.07, 6.45) is 3.10. The minimum absolute atomic E-state index is 0.178. The number of esters is 1. The molecule has 0 unspecified atom stereocenters. The highest BCUT2D eigenvalue weighted by molar-refractivity contribution is 5.75. The van der Waals surface area contributed by atoms with E-state index in [1.165, 1.54) is 0 Å². The van der Waals surface area contributed by atoms with Crippen LogP contribution in [0.3, 0.4) is 0 Å². The van der Waals surface area contributed by atoms with Gasteiger partial charge in [-0.15, -0.1) is 0 Å². The highest BCUT2D eigenvalue weighted by atomic mass is 16.6. The summed E-state index contributed by atoms with van der Waals surface area (Å²) in [5.41, 5.74) is -0.530. The Morgan fingerprint density at radius 1 is 1.21 bits per heavy atom. The number of carbonyl (C=O) groups excluding carboxylic acids is 2. The fourth-order valence-electron chi connectivity index (χ4n) is 2.29. The molecule has 0 radical (unpaired) electrons. The fraction of sp³-hybridized carbons (Fsp3) is 0.857. The summed E-state index contributed by atoms with van der Waals surface area (Å²) in [5.74, 6) is -0.468. The van der Waals surface area contributed by atoms with Crippen molar-refractivity contribution in [3.8, 4) is 0 Å². The highest BCUT2D eigenvalue weighted by Crippen LogP contribution is 2.26. The molecule has 1 N–H and O–H groups in total. The first-order valence-corrected chi connectivity index (χ1v) is 6.99. The topological polar surface area (TPSA) is 64.6 Å². The zero-order valence-corrected chi connectivity index (χ0v) is 12.3. The average Bonchev–Trinajstić information content (AvgIpc) is 2.27. The summed E-state index contributed by atoms with van der Waals surface area (Å²) < 4.78 is 10.3. The lowest BCUT2D eigenvalue weighted by Gasteiger charge is -2.31. The van der Waals surface area contributed by atoms with E-state index in [9.17, 15) is 9.59 Å². The summed E-state index contributed by atoms with van der Waals surface area (Å²) in [7, 11) is 0. The van der Waals surface area contributed by atoms with Gasteiger partial charge in [0.15, 0.2) is 0 Å². The molecule has 0 bridgehead atoms. The summed E-state index contributed by atoms with van der Waals surface area (Å²) in [6.45, 7) is 7.61. The molecule has 19 heavy (non-hydrogen) atoms. The zero-order valence-electron chi connectivity index (χ0n) is 12.3. The van der Waals surface area contributed by atoms with Crippen LogP contribution in [0.2, 0.25) is 0 Å². The molecule has 1 aliphatic rings. The van der Waals surface area contributed by atoms with Crippen molar-refractivity contribution in [2.24, 2.45) is 5.92 Å². The molecular weight excluding hydrogens is 246 g/mol. The van der Waals surface area contributed by atoms with Crippen LogP contribution in [-0.2, 0) is 14.3 Å². The lowest BCUT2D eigenvalue weighted by atomic mass is 9.84. The van der Waals surface area contributed by atoms with Gasteiger partial charge >= 0.3 is 12.1 Å². The van der Waals surface area contributed by atoms with Gasteiger partial charge < -0.3 is 14.8 Å². The smallest absolute Gasteiger partial charge is 0.407 e. The molecule has 5 nitrogen and oxygen atoms in total. The molecule has 0 aromatic rings. The maximum Gasteiger partial charge on any atom is 0.407 e. The molecule has 0 aromatic heterocycles. The second-order valence-corrected chi connectivity index (χ2v) is 5.90. The predicted octanol–water partition coefficient (Wildman–Crippen LogP) is 2.63. The zero-order chi connectivity index (χ0) is 14.5. The van der Waals surface area contributed by atoms with Crippen molar-refractivity contribution in [3.05, 3.63) is 0 Å². The third-order valence-electron chi connectivity index (χ3n) is 3.06. The van der Waals surface area contributed by atoms with E-state index in [0.717, 1.165) is 25.7 Å². The quantitative estimate of drug-likeness (QED) is 0.801. The van der Waals surface area contributed by atoms with Crippen LogP contribution in [0, 0.1) is 5.92 Å². The molecular formula is C14H25NO4. The van der Waals surface area contributed by atoms with Crippen LogP contribution < -0.4 is 5.32 Å². The van der Waals surface area contributed by atoms with E-state index in [4.69, 9.17) is 9.47 Å². The van der Waals surface area contributed by atoms with Gasteiger partial charge in [0.05, 0.1) is 12.5 Å². The number of ether oxygens (including phenoxy) is 2. The largest absolute Gasteiger partial charge is 0.466 e. The Morgan fingerprint density at radius 2 is 1.84 bits per heavy atom. The van der Waals surface area contributed by atoms with Gasteiger partial charge in [-0.3, -0.25) is 4.79 Å². The highest BCUT2D eigenvalue weighted by Gasteiger charge is 2.33. The molecule has 1 fully saturated rings. The van der Waals surface area contributed by atoms with E-state index in [2.05, 4.69) is 5.32 Å². The van der Waals surface area contributed by atoms with Crippen molar-refractivity contribution in [2.45, 2.75) is 65.0 Å². The summed E-state index contributed by atoms with van der Waals surface area (Å²) >= 11 is 0. The summed E-state index contributed by atoms with van der Waals surface area (Å²) in [6, 6.07) is -0.178. The summed E-state index contributed by atoms with van der Waals surface area (Å²) in [5, 5.41) is 2.80. The number of nitrogens with one attached hydrogen (secondary N) is 1. The first-order valence-electron chi connectivity index (χ1n) is 6.99. The van der Waals surface area contributed by atoms with Crippen molar-refractivity contribution in [3.63, 3.8) is 0 Å². The second-order valence-electron chi connectivity index (χ2n) is 5.90. The summed E-state index contributed by atoms with van der Waals surface area (Å²) in [4.78, 5) is 23.6. The van der Waals surface area contributed by atoms with Crippen LogP contribution in [0.1, 0.15) is 53.4 Å². The molecule has 2 atom stereocenters. The maximum absolute atomic E-state index is 11.9. The van der Waals surface area contributed by atoms with Crippen LogP contribution in [-0.4, -0.2) is 30.3 Å². The van der Waals surface area contributed by atoms with Crippen molar-refractivity contribution >= 4 is 12.1 Å². The Labute approximate surface area is 115 Å². The molecule has 1 saturated carbocycles. The van der Waals surface area contributed by atoms with Crippen molar-refractivity contribution in [1.29, 1.82) is 0 Å². The van der Waals surface area contributed by atoms with Crippen molar-refractivity contribution in [1.82, 2.24) is 5.32 Å². The van der Waals surface area contributed by atoms with E-state index in [1.54, 1.807) is 6.92 Å². The lowest BCUT2D eigenvalue weighted by molar-refractivity contribution is -0.150. The molecule has 0 saturated heterocycles. The van der Waals surface area contributed by atoms with Gasteiger partial charge in [-0.25, -0.2) is 4.79 Å². The Kier molecular flexibility index (Phi) is 5.63. The molecule has 1 aliphatic carbocycles. The molecule has 0 aliphatic heterocycles. The first-order chi connectivity index (χ1) is 8.83. The van der Waals surface area contributed by atoms with E-state index >= 15 is 0 Å². The maximum atomic E-state index is 11.9. The van der Waals surface area contributed by atoms with Crippen molar-refractivity contribution < 1.29 is 19.1 Å². The molecule has 1 rings (SSSR count). The van der Waals surface area contributed by atoms with Crippen LogP contribution in [0.25, 0.3) is 0 Å². The van der Waals surface area contributed by atoms with Crippen LogP contribution in [0.15, 0.2) is 0 Å². The minimum Gasteiger partial charge on any atom is -0.466 e. The van der Waals surface area contributed by atoms with Gasteiger partial charge in [0.1, 0.15) is 5.60 Å². The van der Waals surface area contributed by atoms with Gasteiger partial charge in [-0.05, 0) is 40.5 Å². The van der Waals surface area contributed by atoms with E-state index in [1.807, 2.05) is 20.8 Å². The van der Waals surface area contributed by atoms with E-state index < -0.39 is 11.7 Å². The first kappa shape index (κ1) is 15.8.